The van der Waals surface area contributed by atoms with Gasteiger partial charge in [0.1, 0.15) is 0 Å². The molecule has 0 saturated carbocycles. The molecule has 2 aromatic rings. The molecule has 0 amide bonds. The van der Waals surface area contributed by atoms with Gasteiger partial charge in [0.15, 0.2) is 0 Å². The van der Waals surface area contributed by atoms with E-state index in [0.717, 1.165) is 4.71 Å². The zero-order valence-corrected chi connectivity index (χ0v) is 14.5. The van der Waals surface area contributed by atoms with Gasteiger partial charge in [0.25, 0.3) is 0 Å². The van der Waals surface area contributed by atoms with E-state index in [1.54, 1.807) is 8.70 Å². The van der Waals surface area contributed by atoms with Crippen LogP contribution in [0.25, 0.3) is 0 Å². The maximum atomic E-state index is 2.55. The van der Waals surface area contributed by atoms with Crippen molar-refractivity contribution in [1.29, 1.82) is 0 Å². The summed E-state index contributed by atoms with van der Waals surface area (Å²) in [6.45, 7) is 9.31. The van der Waals surface area contributed by atoms with Crippen molar-refractivity contribution in [3.63, 3.8) is 0 Å². The van der Waals surface area contributed by atoms with E-state index >= 15 is 0 Å². The summed E-state index contributed by atoms with van der Waals surface area (Å²) in [4.78, 5) is 0. The quantitative estimate of drug-likeness (QED) is 0.754. The molecule has 100 valence electrons. The Balaban J connectivity index is 2.70. The fourth-order valence-corrected chi connectivity index (χ4v) is 10.8. The molecule has 19 heavy (non-hydrogen) atoms. The van der Waals surface area contributed by atoms with Gasteiger partial charge in [-0.1, -0.05) is 0 Å². The predicted octanol–water partition coefficient (Wildman–Crippen LogP) is 3.91. The standard InChI is InChI=1S/C18H24As/c1-14(2)19(5,17-12-8-6-10-15(17)3)18-13-9-7-11-16(18)4/h6-14H,1-5H3/q+1. The molecule has 0 aliphatic rings. The topological polar surface area (TPSA) is 0 Å². The Labute approximate surface area is 120 Å². The van der Waals surface area contributed by atoms with Crippen LogP contribution in [0, 0.1) is 13.8 Å². The molecule has 0 aromatic heterocycles. The Morgan fingerprint density at radius 2 is 1.11 bits per heavy atom. The van der Waals surface area contributed by atoms with E-state index in [9.17, 15) is 0 Å². The number of hydrogen-bond donors (Lipinski definition) is 0. The SMILES string of the molecule is Cc1ccccc1[As+](C)(c1ccccc1C)C(C)C. The summed E-state index contributed by atoms with van der Waals surface area (Å²) in [5, 5.41) is 0. The third-order valence-electron chi connectivity index (χ3n) is 4.26. The second kappa shape index (κ2) is 5.55. The zero-order valence-electron chi connectivity index (χ0n) is 12.6. The van der Waals surface area contributed by atoms with Crippen molar-refractivity contribution in [3.8, 4) is 0 Å². The molecule has 0 aliphatic carbocycles. The fraction of sp³-hybridized carbons (Fsp3) is 0.333. The molecule has 0 N–H and O–H groups in total. The van der Waals surface area contributed by atoms with Crippen LogP contribution in [0.1, 0.15) is 25.0 Å². The van der Waals surface area contributed by atoms with Crippen LogP contribution in [-0.4, -0.2) is 13.6 Å². The summed E-state index contributed by atoms with van der Waals surface area (Å²) in [7, 11) is 0. The summed E-state index contributed by atoms with van der Waals surface area (Å²) in [6.07, 6.45) is 0. The monoisotopic (exact) mass is 315 g/mol. The molecule has 2 rings (SSSR count). The van der Waals surface area contributed by atoms with Crippen molar-refractivity contribution < 1.29 is 0 Å². The van der Waals surface area contributed by atoms with Crippen LogP contribution in [0.4, 0.5) is 0 Å². The Morgan fingerprint density at radius 1 is 0.737 bits per heavy atom. The molecule has 0 fully saturated rings. The summed E-state index contributed by atoms with van der Waals surface area (Å²) in [5.74, 6) is 0. The van der Waals surface area contributed by atoms with Crippen LogP contribution in [0.2, 0.25) is 10.4 Å². The molecule has 1 heteroatoms. The van der Waals surface area contributed by atoms with Crippen molar-refractivity contribution in [2.45, 2.75) is 38.1 Å². The summed E-state index contributed by atoms with van der Waals surface area (Å²) < 4.78 is 3.95. The Kier molecular flexibility index (Phi) is 4.21. The number of rotatable bonds is 3. The van der Waals surface area contributed by atoms with Crippen molar-refractivity contribution in [3.05, 3.63) is 59.7 Å². The average Bonchev–Trinajstić information content (AvgIpc) is 2.38. The van der Waals surface area contributed by atoms with Crippen LogP contribution < -0.4 is 8.70 Å². The summed E-state index contributed by atoms with van der Waals surface area (Å²) >= 11 is -2.08. The van der Waals surface area contributed by atoms with Gasteiger partial charge in [-0.25, -0.2) is 0 Å². The van der Waals surface area contributed by atoms with E-state index in [4.69, 9.17) is 0 Å². The first-order valence-electron chi connectivity index (χ1n) is 6.96. The molecule has 0 aliphatic heterocycles. The van der Waals surface area contributed by atoms with Gasteiger partial charge in [-0.2, -0.15) is 0 Å². The minimum absolute atomic E-state index is 0.723. The molecule has 0 spiro atoms. The summed E-state index contributed by atoms with van der Waals surface area (Å²) in [5.41, 5.74) is 5.46. The zero-order chi connectivity index (χ0) is 14.0. The van der Waals surface area contributed by atoms with Crippen LogP contribution in [0.3, 0.4) is 0 Å². The molecule has 2 aromatic carbocycles. The van der Waals surface area contributed by atoms with Gasteiger partial charge in [-0.3, -0.25) is 0 Å². The van der Waals surface area contributed by atoms with Crippen LogP contribution in [-0.2, 0) is 0 Å². The van der Waals surface area contributed by atoms with E-state index in [0.29, 0.717) is 0 Å². The van der Waals surface area contributed by atoms with Crippen LogP contribution >= 0.6 is 0 Å². The van der Waals surface area contributed by atoms with Gasteiger partial charge in [0, 0.05) is 0 Å². The molecule has 0 heterocycles. The normalized spacial score (nSPS) is 11.9. The molecule has 0 unspecified atom stereocenters. The average molecular weight is 315 g/mol. The number of aryl methyl sites for hydroxylation is 2. The third-order valence-corrected chi connectivity index (χ3v) is 14.9. The first-order chi connectivity index (χ1) is 8.98. The molecule has 0 saturated heterocycles. The van der Waals surface area contributed by atoms with Crippen molar-refractivity contribution in [2.24, 2.45) is 0 Å². The van der Waals surface area contributed by atoms with E-state index in [1.165, 1.54) is 11.1 Å². The van der Waals surface area contributed by atoms with E-state index in [-0.39, 0.29) is 0 Å². The van der Waals surface area contributed by atoms with E-state index in [1.807, 2.05) is 0 Å². The minimum atomic E-state index is -2.08. The molecule has 0 radical (unpaired) electrons. The maximum absolute atomic E-state index is 2.55. The van der Waals surface area contributed by atoms with Crippen LogP contribution in [0.5, 0.6) is 0 Å². The Morgan fingerprint density at radius 3 is 1.42 bits per heavy atom. The molecule has 0 atom stereocenters. The van der Waals surface area contributed by atoms with Gasteiger partial charge in [0.05, 0.1) is 0 Å². The Bertz CT molecular complexity index is 524. The van der Waals surface area contributed by atoms with Gasteiger partial charge >= 0.3 is 120 Å². The molecule has 0 nitrogen and oxygen atoms in total. The second-order valence-electron chi connectivity index (χ2n) is 5.74. The molecule has 0 bridgehead atoms. The van der Waals surface area contributed by atoms with Crippen molar-refractivity contribution in [2.75, 3.05) is 0 Å². The Hall–Kier alpha value is -1.00. The van der Waals surface area contributed by atoms with Crippen LogP contribution in [0.15, 0.2) is 48.5 Å². The van der Waals surface area contributed by atoms with Gasteiger partial charge in [0.2, 0.25) is 0 Å². The van der Waals surface area contributed by atoms with Gasteiger partial charge in [-0.05, 0) is 0 Å². The van der Waals surface area contributed by atoms with E-state index in [2.05, 4.69) is 81.9 Å². The number of hydrogen-bond acceptors (Lipinski definition) is 0. The van der Waals surface area contributed by atoms with E-state index < -0.39 is 13.6 Å². The third kappa shape index (κ3) is 2.51. The summed E-state index contributed by atoms with van der Waals surface area (Å²) in [6, 6.07) is 17.9. The van der Waals surface area contributed by atoms with Crippen molar-refractivity contribution in [1.82, 2.24) is 0 Å². The first kappa shape index (κ1) is 14.4. The molecular weight excluding hydrogens is 291 g/mol. The second-order valence-corrected chi connectivity index (χ2v) is 14.4. The first-order valence-corrected chi connectivity index (χ1v) is 11.8. The van der Waals surface area contributed by atoms with Crippen molar-refractivity contribution >= 4 is 22.3 Å². The van der Waals surface area contributed by atoms with Gasteiger partial charge in [-0.15, -0.1) is 0 Å². The van der Waals surface area contributed by atoms with Gasteiger partial charge < -0.3 is 0 Å². The predicted molar refractivity (Wildman–Crippen MR) is 88.3 cm³/mol. The fourth-order valence-electron chi connectivity index (χ4n) is 2.86. The molecular formula is C18H24As+. The number of benzene rings is 2.